The lowest BCUT2D eigenvalue weighted by Gasteiger charge is -2.02. The number of carbonyl (C=O) groups is 1. The SMILES string of the molecule is O=C(Nc1cnn(Cc2cccc(Cl)c2)c1)C1CC1. The van der Waals surface area contributed by atoms with Crippen molar-refractivity contribution >= 4 is 23.2 Å². The highest BCUT2D eigenvalue weighted by Crippen LogP contribution is 2.30. The van der Waals surface area contributed by atoms with Crippen molar-refractivity contribution in [1.29, 1.82) is 0 Å². The molecule has 1 aromatic heterocycles. The molecular weight excluding hydrogens is 262 g/mol. The molecule has 19 heavy (non-hydrogen) atoms. The van der Waals surface area contributed by atoms with Gasteiger partial charge in [0.1, 0.15) is 0 Å². The van der Waals surface area contributed by atoms with Gasteiger partial charge in [0.2, 0.25) is 5.91 Å². The van der Waals surface area contributed by atoms with Crippen molar-refractivity contribution in [2.24, 2.45) is 5.92 Å². The van der Waals surface area contributed by atoms with Crippen LogP contribution < -0.4 is 5.32 Å². The van der Waals surface area contributed by atoms with E-state index in [9.17, 15) is 4.79 Å². The standard InChI is InChI=1S/C14H14ClN3O/c15-12-3-1-2-10(6-12)8-18-9-13(7-16-18)17-14(19)11-4-5-11/h1-3,6-7,9,11H,4-5,8H2,(H,17,19). The maximum atomic E-state index is 11.6. The van der Waals surface area contributed by atoms with E-state index in [-0.39, 0.29) is 11.8 Å². The van der Waals surface area contributed by atoms with Gasteiger partial charge in [-0.1, -0.05) is 23.7 Å². The average molecular weight is 276 g/mol. The minimum atomic E-state index is 0.0994. The van der Waals surface area contributed by atoms with Gasteiger partial charge in [0.25, 0.3) is 0 Å². The molecule has 1 heterocycles. The van der Waals surface area contributed by atoms with Crippen molar-refractivity contribution in [1.82, 2.24) is 9.78 Å². The van der Waals surface area contributed by atoms with Crippen LogP contribution in [0.1, 0.15) is 18.4 Å². The van der Waals surface area contributed by atoms with Crippen molar-refractivity contribution in [3.63, 3.8) is 0 Å². The summed E-state index contributed by atoms with van der Waals surface area (Å²) in [6.45, 7) is 0.639. The Morgan fingerprint density at radius 1 is 1.47 bits per heavy atom. The quantitative estimate of drug-likeness (QED) is 0.933. The van der Waals surface area contributed by atoms with Crippen molar-refractivity contribution < 1.29 is 4.79 Å². The Morgan fingerprint density at radius 2 is 2.32 bits per heavy atom. The van der Waals surface area contributed by atoms with Crippen molar-refractivity contribution in [2.75, 3.05) is 5.32 Å². The molecule has 0 spiro atoms. The molecule has 1 amide bonds. The predicted octanol–water partition coefficient (Wildman–Crippen LogP) is 2.93. The smallest absolute Gasteiger partial charge is 0.227 e. The molecule has 5 heteroatoms. The minimum absolute atomic E-state index is 0.0994. The third-order valence-electron chi connectivity index (χ3n) is 3.08. The summed E-state index contributed by atoms with van der Waals surface area (Å²) < 4.78 is 1.79. The first-order valence-electron chi connectivity index (χ1n) is 6.28. The van der Waals surface area contributed by atoms with Crippen LogP contribution in [0.4, 0.5) is 5.69 Å². The fourth-order valence-electron chi connectivity index (χ4n) is 1.93. The van der Waals surface area contributed by atoms with Crippen LogP contribution in [0.15, 0.2) is 36.7 Å². The number of hydrogen-bond donors (Lipinski definition) is 1. The van der Waals surface area contributed by atoms with E-state index in [1.54, 1.807) is 10.9 Å². The lowest BCUT2D eigenvalue weighted by molar-refractivity contribution is -0.117. The normalized spacial score (nSPS) is 14.4. The fourth-order valence-corrected chi connectivity index (χ4v) is 2.14. The van der Waals surface area contributed by atoms with Crippen LogP contribution in [0, 0.1) is 5.92 Å². The molecule has 1 N–H and O–H groups in total. The van der Waals surface area contributed by atoms with E-state index in [1.165, 1.54) is 0 Å². The summed E-state index contributed by atoms with van der Waals surface area (Å²) in [4.78, 5) is 11.6. The van der Waals surface area contributed by atoms with Crippen molar-refractivity contribution in [2.45, 2.75) is 19.4 Å². The number of benzene rings is 1. The first kappa shape index (κ1) is 12.2. The van der Waals surface area contributed by atoms with Gasteiger partial charge < -0.3 is 5.32 Å². The van der Waals surface area contributed by atoms with Crippen LogP contribution >= 0.6 is 11.6 Å². The second-order valence-corrected chi connectivity index (χ2v) is 5.26. The number of amides is 1. The number of nitrogens with zero attached hydrogens (tertiary/aromatic N) is 2. The van der Waals surface area contributed by atoms with E-state index in [0.717, 1.165) is 24.1 Å². The van der Waals surface area contributed by atoms with Gasteiger partial charge >= 0.3 is 0 Å². The number of aromatic nitrogens is 2. The van der Waals surface area contributed by atoms with E-state index in [1.807, 2.05) is 30.5 Å². The molecule has 0 radical (unpaired) electrons. The largest absolute Gasteiger partial charge is 0.323 e. The third kappa shape index (κ3) is 3.15. The average Bonchev–Trinajstić information content (AvgIpc) is 3.13. The highest BCUT2D eigenvalue weighted by molar-refractivity contribution is 6.30. The number of rotatable bonds is 4. The molecule has 4 nitrogen and oxygen atoms in total. The molecule has 98 valence electrons. The maximum Gasteiger partial charge on any atom is 0.227 e. The summed E-state index contributed by atoms with van der Waals surface area (Å²) in [7, 11) is 0. The molecule has 1 aromatic carbocycles. The number of anilines is 1. The number of halogens is 1. The van der Waals surface area contributed by atoms with Gasteiger partial charge in [-0.3, -0.25) is 9.48 Å². The molecule has 0 atom stereocenters. The Bertz CT molecular complexity index is 604. The van der Waals surface area contributed by atoms with Gasteiger partial charge in [-0.05, 0) is 30.5 Å². The Kier molecular flexibility index (Phi) is 3.25. The maximum absolute atomic E-state index is 11.6. The van der Waals surface area contributed by atoms with Gasteiger partial charge in [-0.2, -0.15) is 5.10 Å². The zero-order valence-electron chi connectivity index (χ0n) is 10.3. The summed E-state index contributed by atoms with van der Waals surface area (Å²) in [6.07, 6.45) is 5.51. The van der Waals surface area contributed by atoms with Crippen LogP contribution in [0.5, 0.6) is 0 Å². The Hall–Kier alpha value is -1.81. The number of hydrogen-bond acceptors (Lipinski definition) is 2. The summed E-state index contributed by atoms with van der Waals surface area (Å²) >= 11 is 5.94. The summed E-state index contributed by atoms with van der Waals surface area (Å²) in [5.74, 6) is 0.304. The van der Waals surface area contributed by atoms with Gasteiger partial charge in [0.05, 0.1) is 18.4 Å². The molecule has 1 fully saturated rings. The summed E-state index contributed by atoms with van der Waals surface area (Å²) in [5.41, 5.74) is 1.83. The van der Waals surface area contributed by atoms with Crippen LogP contribution in [0.3, 0.4) is 0 Å². The van der Waals surface area contributed by atoms with Gasteiger partial charge in [0, 0.05) is 17.1 Å². The van der Waals surface area contributed by atoms with E-state index in [4.69, 9.17) is 11.6 Å². The van der Waals surface area contributed by atoms with Crippen LogP contribution in [0.2, 0.25) is 5.02 Å². The fraction of sp³-hybridized carbons (Fsp3) is 0.286. The first-order chi connectivity index (χ1) is 9.20. The van der Waals surface area contributed by atoms with E-state index in [0.29, 0.717) is 11.6 Å². The van der Waals surface area contributed by atoms with E-state index >= 15 is 0 Å². The molecule has 0 unspecified atom stereocenters. The van der Waals surface area contributed by atoms with Crippen LogP contribution in [-0.4, -0.2) is 15.7 Å². The molecule has 0 aliphatic heterocycles. The zero-order chi connectivity index (χ0) is 13.2. The van der Waals surface area contributed by atoms with E-state index in [2.05, 4.69) is 10.4 Å². The second-order valence-electron chi connectivity index (χ2n) is 4.82. The third-order valence-corrected chi connectivity index (χ3v) is 3.32. The Morgan fingerprint density at radius 3 is 3.05 bits per heavy atom. The number of nitrogens with one attached hydrogen (secondary N) is 1. The van der Waals surface area contributed by atoms with Crippen LogP contribution in [0.25, 0.3) is 0 Å². The first-order valence-corrected chi connectivity index (χ1v) is 6.66. The molecule has 3 rings (SSSR count). The lowest BCUT2D eigenvalue weighted by atomic mass is 10.2. The topological polar surface area (TPSA) is 46.9 Å². The summed E-state index contributed by atoms with van der Waals surface area (Å²) in [5, 5.41) is 7.82. The molecular formula is C14H14ClN3O. The Balaban J connectivity index is 1.65. The van der Waals surface area contributed by atoms with Gasteiger partial charge in [0.15, 0.2) is 0 Å². The van der Waals surface area contributed by atoms with Crippen molar-refractivity contribution in [3.05, 3.63) is 47.2 Å². The molecule has 1 aliphatic rings. The molecule has 1 saturated carbocycles. The summed E-state index contributed by atoms with van der Waals surface area (Å²) in [6, 6.07) is 7.66. The van der Waals surface area contributed by atoms with Crippen molar-refractivity contribution in [3.8, 4) is 0 Å². The zero-order valence-corrected chi connectivity index (χ0v) is 11.1. The van der Waals surface area contributed by atoms with Gasteiger partial charge in [-0.15, -0.1) is 0 Å². The second kappa shape index (κ2) is 5.05. The van der Waals surface area contributed by atoms with E-state index < -0.39 is 0 Å². The predicted molar refractivity (Wildman–Crippen MR) is 74.1 cm³/mol. The monoisotopic (exact) mass is 275 g/mol. The van der Waals surface area contributed by atoms with Crippen LogP contribution in [-0.2, 0) is 11.3 Å². The molecule has 0 bridgehead atoms. The Labute approximate surface area is 116 Å². The molecule has 1 aliphatic carbocycles. The number of carbonyl (C=O) groups excluding carboxylic acids is 1. The van der Waals surface area contributed by atoms with Gasteiger partial charge in [-0.25, -0.2) is 0 Å². The minimum Gasteiger partial charge on any atom is -0.323 e. The lowest BCUT2D eigenvalue weighted by Crippen LogP contribution is -2.12. The highest BCUT2D eigenvalue weighted by atomic mass is 35.5. The molecule has 0 saturated heterocycles. The molecule has 2 aromatic rings. The highest BCUT2D eigenvalue weighted by Gasteiger charge is 2.29.